The Morgan fingerprint density at radius 1 is 1.31 bits per heavy atom. The molecule has 1 saturated heterocycles. The standard InChI is InChI=1S/C12H14ClN3/c13-8-5-11-10(15-7-8)6-12(16-11)9-3-1-2-4-14-9/h5-7,9,14,16H,1-4H2. The summed E-state index contributed by atoms with van der Waals surface area (Å²) in [5.41, 5.74) is 3.24. The molecule has 0 spiro atoms. The zero-order valence-electron chi connectivity index (χ0n) is 8.96. The Morgan fingerprint density at radius 3 is 3.06 bits per heavy atom. The Bertz CT molecular complexity index is 500. The minimum atomic E-state index is 0.446. The van der Waals surface area contributed by atoms with Crippen molar-refractivity contribution in [3.8, 4) is 0 Å². The minimum absolute atomic E-state index is 0.446. The molecule has 3 nitrogen and oxygen atoms in total. The molecule has 0 aliphatic carbocycles. The number of aromatic amines is 1. The van der Waals surface area contributed by atoms with Gasteiger partial charge in [0.1, 0.15) is 0 Å². The van der Waals surface area contributed by atoms with E-state index in [1.165, 1.54) is 25.0 Å². The summed E-state index contributed by atoms with van der Waals surface area (Å²) < 4.78 is 0. The van der Waals surface area contributed by atoms with Gasteiger partial charge in [-0.25, -0.2) is 0 Å². The summed E-state index contributed by atoms with van der Waals surface area (Å²) >= 11 is 5.92. The predicted octanol–water partition coefficient (Wildman–Crippen LogP) is 3.03. The normalized spacial score (nSPS) is 21.4. The Kier molecular flexibility index (Phi) is 2.58. The summed E-state index contributed by atoms with van der Waals surface area (Å²) in [4.78, 5) is 7.70. The van der Waals surface area contributed by atoms with Crippen LogP contribution in [-0.2, 0) is 0 Å². The molecule has 16 heavy (non-hydrogen) atoms. The maximum absolute atomic E-state index is 5.92. The average Bonchev–Trinajstić information content (AvgIpc) is 2.73. The molecule has 0 amide bonds. The first-order chi connectivity index (χ1) is 7.83. The smallest absolute Gasteiger partial charge is 0.0883 e. The molecule has 0 radical (unpaired) electrons. The second-order valence-electron chi connectivity index (χ2n) is 4.31. The van der Waals surface area contributed by atoms with Gasteiger partial charge in [0.05, 0.1) is 16.1 Å². The quantitative estimate of drug-likeness (QED) is 0.798. The average molecular weight is 236 g/mol. The number of rotatable bonds is 1. The first kappa shape index (κ1) is 10.1. The molecule has 4 heteroatoms. The van der Waals surface area contributed by atoms with Gasteiger partial charge in [-0.15, -0.1) is 0 Å². The van der Waals surface area contributed by atoms with Crippen LogP contribution < -0.4 is 5.32 Å². The van der Waals surface area contributed by atoms with Gasteiger partial charge in [0.2, 0.25) is 0 Å². The lowest BCUT2D eigenvalue weighted by Gasteiger charge is -2.22. The molecule has 3 rings (SSSR count). The summed E-state index contributed by atoms with van der Waals surface area (Å²) in [5.74, 6) is 0. The second-order valence-corrected chi connectivity index (χ2v) is 4.75. The summed E-state index contributed by atoms with van der Waals surface area (Å²) in [6.07, 6.45) is 5.46. The van der Waals surface area contributed by atoms with E-state index in [-0.39, 0.29) is 0 Å². The Morgan fingerprint density at radius 2 is 2.25 bits per heavy atom. The Hall–Kier alpha value is -1.06. The molecule has 0 bridgehead atoms. The van der Waals surface area contributed by atoms with E-state index in [0.29, 0.717) is 11.1 Å². The Labute approximate surface area is 99.2 Å². The van der Waals surface area contributed by atoms with Gasteiger partial charge in [-0.2, -0.15) is 0 Å². The van der Waals surface area contributed by atoms with E-state index in [1.54, 1.807) is 6.20 Å². The SMILES string of the molecule is Clc1cnc2cc(C3CCCCN3)[nH]c2c1. The maximum atomic E-state index is 5.92. The number of nitrogens with zero attached hydrogens (tertiary/aromatic N) is 1. The van der Waals surface area contributed by atoms with Gasteiger partial charge < -0.3 is 10.3 Å². The number of aromatic nitrogens is 2. The first-order valence-corrected chi connectivity index (χ1v) is 6.08. The third-order valence-electron chi connectivity index (χ3n) is 3.14. The molecule has 2 aromatic rings. The van der Waals surface area contributed by atoms with Gasteiger partial charge in [-0.05, 0) is 31.5 Å². The topological polar surface area (TPSA) is 40.7 Å². The molecule has 1 unspecified atom stereocenters. The van der Waals surface area contributed by atoms with Crippen molar-refractivity contribution in [2.75, 3.05) is 6.54 Å². The number of nitrogens with one attached hydrogen (secondary N) is 2. The van der Waals surface area contributed by atoms with Crippen molar-refractivity contribution in [2.24, 2.45) is 0 Å². The highest BCUT2D eigenvalue weighted by Gasteiger charge is 2.16. The molecule has 1 atom stereocenters. The molecule has 84 valence electrons. The highest BCUT2D eigenvalue weighted by molar-refractivity contribution is 6.31. The summed E-state index contributed by atoms with van der Waals surface area (Å²) in [6.45, 7) is 1.11. The van der Waals surface area contributed by atoms with Crippen LogP contribution in [0.25, 0.3) is 11.0 Å². The van der Waals surface area contributed by atoms with E-state index in [0.717, 1.165) is 17.6 Å². The molecular formula is C12H14ClN3. The van der Waals surface area contributed by atoms with Crippen LogP contribution in [0.4, 0.5) is 0 Å². The van der Waals surface area contributed by atoms with Gasteiger partial charge in [0, 0.05) is 17.9 Å². The monoisotopic (exact) mass is 235 g/mol. The zero-order chi connectivity index (χ0) is 11.0. The van der Waals surface area contributed by atoms with E-state index in [1.807, 2.05) is 6.07 Å². The largest absolute Gasteiger partial charge is 0.356 e. The highest BCUT2D eigenvalue weighted by atomic mass is 35.5. The van der Waals surface area contributed by atoms with Crippen molar-refractivity contribution in [1.29, 1.82) is 0 Å². The van der Waals surface area contributed by atoms with Gasteiger partial charge in [0.15, 0.2) is 0 Å². The molecule has 1 fully saturated rings. The van der Waals surface area contributed by atoms with E-state index < -0.39 is 0 Å². The number of halogens is 1. The summed E-state index contributed by atoms with van der Waals surface area (Å²) in [5, 5.41) is 4.20. The maximum Gasteiger partial charge on any atom is 0.0883 e. The molecule has 3 heterocycles. The number of hydrogen-bond acceptors (Lipinski definition) is 2. The van der Waals surface area contributed by atoms with Crippen molar-refractivity contribution in [3.63, 3.8) is 0 Å². The minimum Gasteiger partial charge on any atom is -0.356 e. The van der Waals surface area contributed by atoms with Crippen LogP contribution in [0.3, 0.4) is 0 Å². The molecule has 2 aromatic heterocycles. The fourth-order valence-electron chi connectivity index (χ4n) is 2.31. The number of hydrogen-bond donors (Lipinski definition) is 2. The van der Waals surface area contributed by atoms with Crippen LogP contribution >= 0.6 is 11.6 Å². The van der Waals surface area contributed by atoms with Crippen molar-refractivity contribution in [3.05, 3.63) is 29.0 Å². The lowest BCUT2D eigenvalue weighted by Crippen LogP contribution is -2.26. The summed E-state index contributed by atoms with van der Waals surface area (Å²) in [6, 6.07) is 4.49. The van der Waals surface area contributed by atoms with E-state index >= 15 is 0 Å². The molecule has 2 N–H and O–H groups in total. The van der Waals surface area contributed by atoms with Crippen LogP contribution in [0.15, 0.2) is 18.3 Å². The van der Waals surface area contributed by atoms with Crippen molar-refractivity contribution in [2.45, 2.75) is 25.3 Å². The van der Waals surface area contributed by atoms with Crippen LogP contribution in [0.2, 0.25) is 5.02 Å². The van der Waals surface area contributed by atoms with Gasteiger partial charge in [-0.1, -0.05) is 18.0 Å². The fourth-order valence-corrected chi connectivity index (χ4v) is 2.47. The van der Waals surface area contributed by atoms with Crippen LogP contribution in [0, 0.1) is 0 Å². The number of pyridine rings is 1. The molecule has 1 aliphatic heterocycles. The Balaban J connectivity index is 1.97. The lowest BCUT2D eigenvalue weighted by atomic mass is 10.0. The molecule has 0 saturated carbocycles. The van der Waals surface area contributed by atoms with Crippen molar-refractivity contribution >= 4 is 22.6 Å². The first-order valence-electron chi connectivity index (χ1n) is 5.70. The fraction of sp³-hybridized carbons (Fsp3) is 0.417. The van der Waals surface area contributed by atoms with E-state index in [2.05, 4.69) is 21.4 Å². The third-order valence-corrected chi connectivity index (χ3v) is 3.35. The third kappa shape index (κ3) is 1.81. The lowest BCUT2D eigenvalue weighted by molar-refractivity contribution is 0.407. The van der Waals surface area contributed by atoms with Crippen molar-refractivity contribution in [1.82, 2.24) is 15.3 Å². The number of piperidine rings is 1. The van der Waals surface area contributed by atoms with E-state index in [4.69, 9.17) is 11.6 Å². The molecule has 1 aliphatic rings. The van der Waals surface area contributed by atoms with Gasteiger partial charge in [-0.3, -0.25) is 4.98 Å². The van der Waals surface area contributed by atoms with Gasteiger partial charge in [0.25, 0.3) is 0 Å². The highest BCUT2D eigenvalue weighted by Crippen LogP contribution is 2.25. The summed E-state index contributed by atoms with van der Waals surface area (Å²) in [7, 11) is 0. The van der Waals surface area contributed by atoms with Crippen LogP contribution in [0.1, 0.15) is 31.0 Å². The second kappa shape index (κ2) is 4.07. The van der Waals surface area contributed by atoms with E-state index in [9.17, 15) is 0 Å². The number of H-pyrrole nitrogens is 1. The number of fused-ring (bicyclic) bond motifs is 1. The van der Waals surface area contributed by atoms with Crippen LogP contribution in [0.5, 0.6) is 0 Å². The molecule has 0 aromatic carbocycles. The van der Waals surface area contributed by atoms with Crippen LogP contribution in [-0.4, -0.2) is 16.5 Å². The van der Waals surface area contributed by atoms with Gasteiger partial charge >= 0.3 is 0 Å². The molecular weight excluding hydrogens is 222 g/mol. The zero-order valence-corrected chi connectivity index (χ0v) is 9.72. The van der Waals surface area contributed by atoms with Crippen molar-refractivity contribution < 1.29 is 0 Å². The predicted molar refractivity (Wildman–Crippen MR) is 65.7 cm³/mol.